The topological polar surface area (TPSA) is 0 Å². The summed E-state index contributed by atoms with van der Waals surface area (Å²) in [5, 5.41) is 0. The molecule has 6 aromatic carbocycles. The molecule has 0 aliphatic carbocycles. The van der Waals surface area contributed by atoms with E-state index >= 15 is 35.1 Å². The van der Waals surface area contributed by atoms with Crippen LogP contribution in [0.3, 0.4) is 0 Å². The van der Waals surface area contributed by atoms with Crippen molar-refractivity contribution in [2.45, 2.75) is 26.7 Å². The summed E-state index contributed by atoms with van der Waals surface area (Å²) in [6.07, 6.45) is -7.22. The minimum atomic E-state index is -7.22. The van der Waals surface area contributed by atoms with E-state index in [1.165, 1.54) is 14.7 Å². The first-order valence-electron chi connectivity index (χ1n) is 16.9. The summed E-state index contributed by atoms with van der Waals surface area (Å²) in [5.74, 6) is -70.8. The third-order valence-electron chi connectivity index (χ3n) is 9.46. The van der Waals surface area contributed by atoms with Crippen molar-refractivity contribution in [1.29, 1.82) is 0 Å². The van der Waals surface area contributed by atoms with Gasteiger partial charge in [0.05, 0.1) is 0 Å². The zero-order valence-electron chi connectivity index (χ0n) is 30.7. The first-order chi connectivity index (χ1) is 28.9. The SMILES string of the molecule is Cc1ccc([I+]c2ccccc2C(C)C)cc1.Fc1c(F)c(F)c([B-](c2c(F)c(F)c(F)c(F)c2F)(c2c(F)c(F)c(F)c(F)c2F)c2c(F)c(F)c(F)c(F)c2F)c(F)c1F. The van der Waals surface area contributed by atoms with Crippen LogP contribution in [0.15, 0.2) is 48.5 Å². The largest absolute Gasteiger partial charge is 0.358 e. The lowest BCUT2D eigenvalue weighted by atomic mass is 9.12. The van der Waals surface area contributed by atoms with Gasteiger partial charge in [-0.1, -0.05) is 49.7 Å². The van der Waals surface area contributed by atoms with Crippen LogP contribution in [0.2, 0.25) is 0 Å². The van der Waals surface area contributed by atoms with E-state index in [2.05, 4.69) is 69.3 Å². The van der Waals surface area contributed by atoms with Gasteiger partial charge in [0, 0.05) is 5.56 Å². The van der Waals surface area contributed by atoms with E-state index in [1.807, 2.05) is 0 Å². The molecule has 0 aromatic heterocycles. The lowest BCUT2D eigenvalue weighted by Gasteiger charge is -2.44. The van der Waals surface area contributed by atoms with Crippen molar-refractivity contribution in [2.75, 3.05) is 0 Å². The summed E-state index contributed by atoms with van der Waals surface area (Å²) in [7, 11) is 0. The molecular weight excluding hydrogens is 998 g/mol. The number of aryl methyl sites for hydroxylation is 1. The van der Waals surface area contributed by atoms with Gasteiger partial charge in [-0.05, 0) is 31.0 Å². The molecule has 0 atom stereocenters. The smallest absolute Gasteiger partial charge is 0.207 e. The molecule has 0 saturated heterocycles. The second kappa shape index (κ2) is 17.8. The van der Waals surface area contributed by atoms with Crippen LogP contribution in [0.1, 0.15) is 30.9 Å². The normalized spacial score (nSPS) is 11.7. The van der Waals surface area contributed by atoms with Crippen molar-refractivity contribution in [3.8, 4) is 0 Å². The van der Waals surface area contributed by atoms with Gasteiger partial charge in [0.1, 0.15) is 52.7 Å². The Morgan fingerprint density at radius 2 is 0.581 bits per heavy atom. The van der Waals surface area contributed by atoms with Gasteiger partial charge < -0.3 is 0 Å². The van der Waals surface area contributed by atoms with Gasteiger partial charge in [-0.15, -0.1) is 21.9 Å². The van der Waals surface area contributed by atoms with Crippen LogP contribution in [0, 0.1) is 130 Å². The molecule has 0 N–H and O–H groups in total. The first-order valence-corrected chi connectivity index (χ1v) is 19.1. The molecule has 328 valence electrons. The minimum absolute atomic E-state index is 0.0393. The summed E-state index contributed by atoms with van der Waals surface area (Å²) in [4.78, 5) is 0. The predicted octanol–water partition coefficient (Wildman–Crippen LogP) is 7.09. The molecular formula is C40H18BF20I. The van der Waals surface area contributed by atoms with Gasteiger partial charge in [0.25, 0.3) is 0 Å². The maximum absolute atomic E-state index is 15.4. The number of halogens is 21. The zero-order valence-corrected chi connectivity index (χ0v) is 32.9. The summed E-state index contributed by atoms with van der Waals surface area (Å²) < 4.78 is 297. The number of hydrogen-bond donors (Lipinski definition) is 0. The van der Waals surface area contributed by atoms with Gasteiger partial charge in [-0.2, -0.15) is 0 Å². The fourth-order valence-electron chi connectivity index (χ4n) is 6.62. The van der Waals surface area contributed by atoms with E-state index in [0.29, 0.717) is 5.92 Å². The van der Waals surface area contributed by atoms with Crippen LogP contribution in [0.5, 0.6) is 0 Å². The average Bonchev–Trinajstić information content (AvgIpc) is 3.24. The Balaban J connectivity index is 0.000000355. The monoisotopic (exact) mass is 1020 g/mol. The molecule has 0 aliphatic rings. The van der Waals surface area contributed by atoms with Gasteiger partial charge in [-0.25, -0.2) is 87.8 Å². The van der Waals surface area contributed by atoms with Crippen LogP contribution in [0.25, 0.3) is 0 Å². The third kappa shape index (κ3) is 7.64. The van der Waals surface area contributed by atoms with E-state index < -0.39 is 144 Å². The second-order valence-corrected chi connectivity index (χ2v) is 16.3. The van der Waals surface area contributed by atoms with Crippen molar-refractivity contribution >= 4 is 28.0 Å². The Bertz CT molecular complexity index is 2370. The highest BCUT2D eigenvalue weighted by molar-refractivity contribution is 7.20. The van der Waals surface area contributed by atoms with Gasteiger partial charge in [0.2, 0.25) is 0 Å². The van der Waals surface area contributed by atoms with Crippen LogP contribution in [-0.2, 0) is 0 Å². The zero-order chi connectivity index (χ0) is 46.6. The molecule has 0 radical (unpaired) electrons. The lowest BCUT2D eigenvalue weighted by molar-refractivity contribution is -0.598. The summed E-state index contributed by atoms with van der Waals surface area (Å²) in [6.45, 7) is 6.69. The van der Waals surface area contributed by atoms with Crippen molar-refractivity contribution in [3.63, 3.8) is 0 Å². The van der Waals surface area contributed by atoms with Gasteiger partial charge in [-0.3, -0.25) is 0 Å². The fourth-order valence-corrected chi connectivity index (χ4v) is 9.51. The van der Waals surface area contributed by atoms with Crippen LogP contribution < -0.4 is 43.1 Å². The number of hydrogen-bond acceptors (Lipinski definition) is 0. The van der Waals surface area contributed by atoms with Gasteiger partial charge in [0.15, 0.2) is 76.9 Å². The van der Waals surface area contributed by atoms with Crippen molar-refractivity contribution in [3.05, 3.63) is 183 Å². The maximum Gasteiger partial charge on any atom is 0.358 e. The molecule has 22 heteroatoms. The van der Waals surface area contributed by atoms with E-state index in [-0.39, 0.29) is 21.2 Å². The minimum Gasteiger partial charge on any atom is -0.207 e. The Labute approximate surface area is 346 Å². The van der Waals surface area contributed by atoms with Crippen molar-refractivity contribution in [1.82, 2.24) is 0 Å². The summed E-state index contributed by atoms with van der Waals surface area (Å²) >= 11 is -0.0393. The quantitative estimate of drug-likeness (QED) is 0.0528. The summed E-state index contributed by atoms with van der Waals surface area (Å²) in [6, 6.07) is 17.9. The lowest BCUT2D eigenvalue weighted by Crippen LogP contribution is -3.61. The Morgan fingerprint density at radius 3 is 0.839 bits per heavy atom. The molecule has 62 heavy (non-hydrogen) atoms. The Hall–Kier alpha value is -5.29. The predicted molar refractivity (Wildman–Crippen MR) is 178 cm³/mol. The molecule has 0 aliphatic heterocycles. The maximum atomic E-state index is 15.4. The molecule has 0 spiro atoms. The molecule has 0 unspecified atom stereocenters. The van der Waals surface area contributed by atoms with Crippen molar-refractivity contribution < 1.29 is 109 Å². The second-order valence-electron chi connectivity index (χ2n) is 13.4. The highest BCUT2D eigenvalue weighted by Crippen LogP contribution is 2.31. The van der Waals surface area contributed by atoms with E-state index in [0.717, 1.165) is 0 Å². The number of benzene rings is 6. The highest BCUT2D eigenvalue weighted by atomic mass is 127. The molecule has 0 amide bonds. The first kappa shape index (κ1) is 47.8. The van der Waals surface area contributed by atoms with E-state index in [9.17, 15) is 52.7 Å². The average molecular weight is 1020 g/mol. The molecule has 0 bridgehead atoms. The fraction of sp³-hybridized carbons (Fsp3) is 0.100. The van der Waals surface area contributed by atoms with Crippen LogP contribution in [0.4, 0.5) is 87.8 Å². The Kier molecular flexibility index (Phi) is 13.7. The molecule has 0 heterocycles. The molecule has 0 saturated carbocycles. The van der Waals surface area contributed by atoms with Gasteiger partial charge >= 0.3 is 21.2 Å². The summed E-state index contributed by atoms with van der Waals surface area (Å²) in [5.41, 5.74) is -11.5. The highest BCUT2D eigenvalue weighted by Gasteiger charge is 2.52. The standard InChI is InChI=1S/C24BF20.C16H18I/c26-5-1(6(27)14(35)21(42)13(5)34)25(2-7(28)15(36)22(43)16(37)8(2)29,3-9(30)17(38)23(44)18(39)10(3)31)4-11(32)19(40)24(45)20(41)12(4)33;1-12(2)15-6-4-5-7-16(15)17-14-10-8-13(3)9-11-14/h;4-12H,1-3H3/q-1;+1. The number of rotatable bonds is 7. The van der Waals surface area contributed by atoms with Crippen LogP contribution >= 0.6 is 0 Å². The van der Waals surface area contributed by atoms with E-state index in [4.69, 9.17) is 0 Å². The van der Waals surface area contributed by atoms with Crippen LogP contribution in [-0.4, -0.2) is 6.15 Å². The van der Waals surface area contributed by atoms with Crippen molar-refractivity contribution in [2.24, 2.45) is 0 Å². The van der Waals surface area contributed by atoms with E-state index in [1.54, 1.807) is 3.57 Å². The molecule has 0 nitrogen and oxygen atoms in total. The molecule has 6 rings (SSSR count). The Morgan fingerprint density at radius 1 is 0.339 bits per heavy atom. The molecule has 6 aromatic rings. The molecule has 0 fully saturated rings. The third-order valence-corrected chi connectivity index (χ3v) is 12.4.